The minimum absolute atomic E-state index is 0.334. The van der Waals surface area contributed by atoms with Crippen molar-refractivity contribution in [1.82, 2.24) is 0 Å². The molecule has 0 amide bonds. The zero-order valence-corrected chi connectivity index (χ0v) is 9.60. The van der Waals surface area contributed by atoms with Gasteiger partial charge in [0.2, 0.25) is 0 Å². The SMILES string of the molecule is CC(C)(C)C(F)c1cccc2c1NCC2. The summed E-state index contributed by atoms with van der Waals surface area (Å²) in [5.74, 6) is 0. The van der Waals surface area contributed by atoms with E-state index in [2.05, 4.69) is 11.4 Å². The maximum atomic E-state index is 14.3. The lowest BCUT2D eigenvalue weighted by Crippen LogP contribution is -2.15. The highest BCUT2D eigenvalue weighted by atomic mass is 19.1. The van der Waals surface area contributed by atoms with E-state index in [-0.39, 0.29) is 5.41 Å². The number of fused-ring (bicyclic) bond motifs is 1. The van der Waals surface area contributed by atoms with Crippen LogP contribution in [0.2, 0.25) is 0 Å². The van der Waals surface area contributed by atoms with Crippen LogP contribution in [0.1, 0.15) is 38.1 Å². The predicted octanol–water partition coefficient (Wildman–Crippen LogP) is 3.71. The van der Waals surface area contributed by atoms with Gasteiger partial charge in [0, 0.05) is 17.8 Å². The standard InChI is InChI=1S/C13H18FN/c1-13(2,3)12(14)10-6-4-5-9-7-8-15-11(9)10/h4-6,12,15H,7-8H2,1-3H3. The highest BCUT2D eigenvalue weighted by molar-refractivity contribution is 5.62. The fourth-order valence-electron chi connectivity index (χ4n) is 2.04. The van der Waals surface area contributed by atoms with Gasteiger partial charge < -0.3 is 5.32 Å². The third-order valence-corrected chi connectivity index (χ3v) is 2.91. The van der Waals surface area contributed by atoms with Crippen LogP contribution in [0.3, 0.4) is 0 Å². The third kappa shape index (κ3) is 1.85. The lowest BCUT2D eigenvalue weighted by Gasteiger charge is -2.25. The number of anilines is 1. The predicted molar refractivity (Wildman–Crippen MR) is 61.9 cm³/mol. The molecule has 2 rings (SSSR count). The Labute approximate surface area is 90.7 Å². The smallest absolute Gasteiger partial charge is 0.132 e. The Balaban J connectivity index is 2.41. The minimum atomic E-state index is -0.905. The van der Waals surface area contributed by atoms with Gasteiger partial charge in [-0.1, -0.05) is 39.0 Å². The first kappa shape index (κ1) is 10.5. The van der Waals surface area contributed by atoms with Crippen LogP contribution in [0.5, 0.6) is 0 Å². The summed E-state index contributed by atoms with van der Waals surface area (Å²) < 4.78 is 14.3. The summed E-state index contributed by atoms with van der Waals surface area (Å²) in [5, 5.41) is 3.28. The molecular weight excluding hydrogens is 189 g/mol. The lowest BCUT2D eigenvalue weighted by molar-refractivity contribution is 0.165. The Morgan fingerprint density at radius 3 is 2.73 bits per heavy atom. The van der Waals surface area contributed by atoms with Crippen LogP contribution >= 0.6 is 0 Å². The molecule has 1 aliphatic rings. The van der Waals surface area contributed by atoms with Crippen molar-refractivity contribution in [3.8, 4) is 0 Å². The first-order valence-electron chi connectivity index (χ1n) is 5.50. The summed E-state index contributed by atoms with van der Waals surface area (Å²) in [4.78, 5) is 0. The van der Waals surface area contributed by atoms with Gasteiger partial charge in [-0.05, 0) is 17.4 Å². The quantitative estimate of drug-likeness (QED) is 0.740. The zero-order valence-electron chi connectivity index (χ0n) is 9.60. The van der Waals surface area contributed by atoms with Crippen LogP contribution in [0.25, 0.3) is 0 Å². The number of halogens is 1. The summed E-state index contributed by atoms with van der Waals surface area (Å²) in [7, 11) is 0. The molecule has 1 aromatic rings. The molecule has 0 aliphatic carbocycles. The largest absolute Gasteiger partial charge is 0.384 e. The molecule has 0 bridgehead atoms. The van der Waals surface area contributed by atoms with Crippen LogP contribution < -0.4 is 5.32 Å². The van der Waals surface area contributed by atoms with Gasteiger partial charge in [0.05, 0.1) is 0 Å². The summed E-state index contributed by atoms with van der Waals surface area (Å²) >= 11 is 0. The molecule has 0 saturated heterocycles. The Bertz CT molecular complexity index is 365. The van der Waals surface area contributed by atoms with Crippen molar-refractivity contribution in [2.45, 2.75) is 33.4 Å². The van der Waals surface area contributed by atoms with Crippen LogP contribution in [-0.4, -0.2) is 6.54 Å². The second-order valence-electron chi connectivity index (χ2n) is 5.29. The molecule has 1 heterocycles. The molecule has 0 radical (unpaired) electrons. The topological polar surface area (TPSA) is 12.0 Å². The van der Waals surface area contributed by atoms with E-state index in [9.17, 15) is 4.39 Å². The Hall–Kier alpha value is -1.05. The summed E-state index contributed by atoms with van der Waals surface area (Å²) in [5.41, 5.74) is 2.76. The fraction of sp³-hybridized carbons (Fsp3) is 0.538. The molecule has 1 unspecified atom stereocenters. The lowest BCUT2D eigenvalue weighted by atomic mass is 9.85. The molecule has 1 atom stereocenters. The highest BCUT2D eigenvalue weighted by Crippen LogP contribution is 2.41. The second kappa shape index (κ2) is 3.51. The summed E-state index contributed by atoms with van der Waals surface area (Å²) in [6.45, 7) is 6.74. The van der Waals surface area contributed by atoms with Crippen LogP contribution in [0.4, 0.5) is 10.1 Å². The first-order chi connectivity index (χ1) is 7.00. The fourth-order valence-corrected chi connectivity index (χ4v) is 2.04. The van der Waals surface area contributed by atoms with Gasteiger partial charge in [-0.3, -0.25) is 0 Å². The number of para-hydroxylation sites is 1. The molecule has 1 nitrogen and oxygen atoms in total. The van der Waals surface area contributed by atoms with Gasteiger partial charge in [0.25, 0.3) is 0 Å². The third-order valence-electron chi connectivity index (χ3n) is 2.91. The van der Waals surface area contributed by atoms with Crippen molar-refractivity contribution in [3.63, 3.8) is 0 Å². The van der Waals surface area contributed by atoms with Crippen LogP contribution in [-0.2, 0) is 6.42 Å². The molecule has 15 heavy (non-hydrogen) atoms. The van der Waals surface area contributed by atoms with Crippen LogP contribution in [0.15, 0.2) is 18.2 Å². The van der Waals surface area contributed by atoms with Crippen molar-refractivity contribution in [3.05, 3.63) is 29.3 Å². The highest BCUT2D eigenvalue weighted by Gasteiger charge is 2.29. The molecule has 1 N–H and O–H groups in total. The van der Waals surface area contributed by atoms with Crippen LogP contribution in [0, 0.1) is 5.41 Å². The number of rotatable bonds is 1. The average molecular weight is 207 g/mol. The van der Waals surface area contributed by atoms with Crippen molar-refractivity contribution in [2.24, 2.45) is 5.41 Å². The van der Waals surface area contributed by atoms with Gasteiger partial charge >= 0.3 is 0 Å². The minimum Gasteiger partial charge on any atom is -0.384 e. The van der Waals surface area contributed by atoms with Gasteiger partial charge in [-0.2, -0.15) is 0 Å². The molecule has 82 valence electrons. The zero-order chi connectivity index (χ0) is 11.1. The van der Waals surface area contributed by atoms with E-state index >= 15 is 0 Å². The number of hydrogen-bond acceptors (Lipinski definition) is 1. The van der Waals surface area contributed by atoms with E-state index < -0.39 is 6.17 Å². The monoisotopic (exact) mass is 207 g/mol. The van der Waals surface area contributed by atoms with Crippen molar-refractivity contribution < 1.29 is 4.39 Å². The summed E-state index contributed by atoms with van der Waals surface area (Å²) in [6, 6.07) is 5.93. The summed E-state index contributed by atoms with van der Waals surface area (Å²) in [6.07, 6.45) is 0.109. The Morgan fingerprint density at radius 1 is 1.33 bits per heavy atom. The first-order valence-corrected chi connectivity index (χ1v) is 5.50. The molecule has 0 saturated carbocycles. The molecule has 1 aliphatic heterocycles. The second-order valence-corrected chi connectivity index (χ2v) is 5.29. The molecule has 1 aromatic carbocycles. The van der Waals surface area contributed by atoms with Gasteiger partial charge in [-0.15, -0.1) is 0 Å². The molecule has 2 heteroatoms. The normalized spacial score (nSPS) is 17.1. The maximum absolute atomic E-state index is 14.3. The van der Waals surface area contributed by atoms with Crippen molar-refractivity contribution in [2.75, 3.05) is 11.9 Å². The molecule has 0 aromatic heterocycles. The van der Waals surface area contributed by atoms with E-state index in [1.807, 2.05) is 32.9 Å². The molecule has 0 fully saturated rings. The van der Waals surface area contributed by atoms with E-state index in [0.29, 0.717) is 0 Å². The van der Waals surface area contributed by atoms with E-state index in [0.717, 1.165) is 24.2 Å². The molecule has 0 spiro atoms. The van der Waals surface area contributed by atoms with E-state index in [4.69, 9.17) is 0 Å². The average Bonchev–Trinajstić information content (AvgIpc) is 2.62. The Morgan fingerprint density at radius 2 is 2.07 bits per heavy atom. The van der Waals surface area contributed by atoms with Gasteiger partial charge in [-0.25, -0.2) is 4.39 Å². The Kier molecular flexibility index (Phi) is 2.45. The van der Waals surface area contributed by atoms with Crippen molar-refractivity contribution in [1.29, 1.82) is 0 Å². The van der Waals surface area contributed by atoms with E-state index in [1.165, 1.54) is 5.56 Å². The number of hydrogen-bond donors (Lipinski definition) is 1. The van der Waals surface area contributed by atoms with Gasteiger partial charge in [0.15, 0.2) is 0 Å². The molecular formula is C13H18FN. The van der Waals surface area contributed by atoms with Crippen molar-refractivity contribution >= 4 is 5.69 Å². The maximum Gasteiger partial charge on any atom is 0.132 e. The van der Waals surface area contributed by atoms with Gasteiger partial charge in [0.1, 0.15) is 6.17 Å². The number of alkyl halides is 1. The van der Waals surface area contributed by atoms with E-state index in [1.54, 1.807) is 0 Å². The number of nitrogens with one attached hydrogen (secondary N) is 1. The number of benzene rings is 1.